The predicted octanol–water partition coefficient (Wildman–Crippen LogP) is 5.63. The van der Waals surface area contributed by atoms with Crippen LogP contribution in [0.25, 0.3) is 10.9 Å². The summed E-state index contributed by atoms with van der Waals surface area (Å²) in [6, 6.07) is 5.88. The van der Waals surface area contributed by atoms with Crippen molar-refractivity contribution in [3.8, 4) is 5.88 Å². The fourth-order valence-electron chi connectivity index (χ4n) is 3.53. The molecule has 1 atom stereocenters. The van der Waals surface area contributed by atoms with Crippen LogP contribution in [0.15, 0.2) is 42.1 Å². The van der Waals surface area contributed by atoms with E-state index in [1.165, 1.54) is 25.6 Å². The molecule has 5 nitrogen and oxygen atoms in total. The van der Waals surface area contributed by atoms with Gasteiger partial charge >= 0.3 is 0 Å². The number of hydrogen-bond donors (Lipinski definition) is 1. The topological polar surface area (TPSA) is 59.9 Å². The van der Waals surface area contributed by atoms with Crippen LogP contribution in [0, 0.1) is 5.82 Å². The van der Waals surface area contributed by atoms with Crippen molar-refractivity contribution in [2.45, 2.75) is 31.7 Å². The first-order valence-electron chi connectivity index (χ1n) is 9.72. The number of hydrogen-bond acceptors (Lipinski definition) is 6. The van der Waals surface area contributed by atoms with Crippen molar-refractivity contribution in [2.24, 2.45) is 0 Å². The molecule has 0 fully saturated rings. The monoisotopic (exact) mass is 446 g/mol. The van der Waals surface area contributed by atoms with E-state index in [9.17, 15) is 13.2 Å². The SMILES string of the molecule is COc1nc(C2(C)C=CSCC2)cc2c(NCc3cccc(C(F)F)c3F)ncnc12. The second-order valence-electron chi connectivity index (χ2n) is 7.45. The number of nitrogens with one attached hydrogen (secondary N) is 1. The van der Waals surface area contributed by atoms with Crippen molar-refractivity contribution in [1.82, 2.24) is 15.0 Å². The molecule has 0 saturated heterocycles. The van der Waals surface area contributed by atoms with Gasteiger partial charge in [0.1, 0.15) is 23.5 Å². The van der Waals surface area contributed by atoms with Gasteiger partial charge in [-0.05, 0) is 23.6 Å². The van der Waals surface area contributed by atoms with Crippen molar-refractivity contribution in [2.75, 3.05) is 18.2 Å². The Hall–Kier alpha value is -2.81. The molecule has 2 aromatic heterocycles. The molecule has 0 aliphatic carbocycles. The summed E-state index contributed by atoms with van der Waals surface area (Å²) < 4.78 is 45.9. The summed E-state index contributed by atoms with van der Waals surface area (Å²) in [5.41, 5.74) is 0.581. The first-order chi connectivity index (χ1) is 14.9. The average molecular weight is 446 g/mol. The minimum atomic E-state index is -2.87. The number of fused-ring (bicyclic) bond motifs is 1. The Labute approximate surface area is 182 Å². The standard InChI is InChI=1S/C22H21F3N4OS/c1-22(6-8-31-9-7-22)16-10-15-18(21(29-16)30-2)27-12-28-20(15)26-11-13-4-3-5-14(17(13)23)19(24)25/h3-6,8,10,12,19H,7,9,11H2,1-2H3,(H,26,27,28). The molecule has 0 radical (unpaired) electrons. The predicted molar refractivity (Wildman–Crippen MR) is 116 cm³/mol. The molecule has 1 aliphatic heterocycles. The van der Waals surface area contributed by atoms with Crippen molar-refractivity contribution in [3.05, 3.63) is 64.7 Å². The number of methoxy groups -OCH3 is 1. The number of thioether (sulfide) groups is 1. The highest BCUT2D eigenvalue weighted by Crippen LogP contribution is 2.38. The number of pyridine rings is 1. The van der Waals surface area contributed by atoms with Crippen LogP contribution in [0.4, 0.5) is 19.0 Å². The van der Waals surface area contributed by atoms with Gasteiger partial charge in [0.25, 0.3) is 6.43 Å². The molecule has 0 amide bonds. The Bertz CT molecular complexity index is 1140. The van der Waals surface area contributed by atoms with E-state index in [4.69, 9.17) is 4.74 Å². The number of benzene rings is 1. The molecule has 0 saturated carbocycles. The Morgan fingerprint density at radius 3 is 2.84 bits per heavy atom. The van der Waals surface area contributed by atoms with Crippen molar-refractivity contribution < 1.29 is 17.9 Å². The van der Waals surface area contributed by atoms with Crippen LogP contribution in [0.2, 0.25) is 0 Å². The van der Waals surface area contributed by atoms with Gasteiger partial charge in [-0.3, -0.25) is 0 Å². The number of rotatable bonds is 6. The summed E-state index contributed by atoms with van der Waals surface area (Å²) in [5.74, 6) is 0.884. The molecule has 9 heteroatoms. The zero-order valence-corrected chi connectivity index (χ0v) is 17.8. The molecule has 1 N–H and O–H groups in total. The third-order valence-corrected chi connectivity index (χ3v) is 6.20. The van der Waals surface area contributed by atoms with E-state index < -0.39 is 17.8 Å². The lowest BCUT2D eigenvalue weighted by Gasteiger charge is -2.28. The van der Waals surface area contributed by atoms with E-state index in [0.717, 1.165) is 23.9 Å². The summed E-state index contributed by atoms with van der Waals surface area (Å²) in [7, 11) is 1.53. The Morgan fingerprint density at radius 1 is 1.29 bits per heavy atom. The second kappa shape index (κ2) is 8.74. The van der Waals surface area contributed by atoms with Crippen LogP contribution in [0.1, 0.15) is 36.6 Å². The summed E-state index contributed by atoms with van der Waals surface area (Å²) in [5, 5.41) is 5.80. The largest absolute Gasteiger partial charge is 0.479 e. The Kier molecular flexibility index (Phi) is 6.04. The number of nitrogens with zero attached hydrogens (tertiary/aromatic N) is 3. The first kappa shape index (κ1) is 21.4. The van der Waals surface area contributed by atoms with Crippen LogP contribution in [0.3, 0.4) is 0 Å². The van der Waals surface area contributed by atoms with Crippen molar-refractivity contribution in [3.63, 3.8) is 0 Å². The maximum Gasteiger partial charge on any atom is 0.266 e. The lowest BCUT2D eigenvalue weighted by molar-refractivity contribution is 0.146. The first-order valence-corrected chi connectivity index (χ1v) is 10.8. The number of alkyl halides is 2. The normalized spacial score (nSPS) is 18.5. The lowest BCUT2D eigenvalue weighted by atomic mass is 9.83. The van der Waals surface area contributed by atoms with Crippen LogP contribution in [0.5, 0.6) is 5.88 Å². The molecule has 3 aromatic rings. The zero-order chi connectivity index (χ0) is 22.0. The fraction of sp³-hybridized carbons (Fsp3) is 0.318. The van der Waals surface area contributed by atoms with E-state index in [-0.39, 0.29) is 17.5 Å². The highest BCUT2D eigenvalue weighted by molar-refractivity contribution is 8.02. The molecular formula is C22H21F3N4OS. The van der Waals surface area contributed by atoms with Crippen LogP contribution in [-0.4, -0.2) is 27.8 Å². The van der Waals surface area contributed by atoms with Gasteiger partial charge in [-0.15, -0.1) is 11.8 Å². The summed E-state index contributed by atoms with van der Waals surface area (Å²) in [4.78, 5) is 13.3. The molecule has 0 spiro atoms. The molecule has 0 bridgehead atoms. The molecule has 1 aliphatic rings. The molecule has 1 unspecified atom stereocenters. The number of ether oxygens (including phenoxy) is 1. The van der Waals surface area contributed by atoms with E-state index in [1.54, 1.807) is 11.8 Å². The maximum absolute atomic E-state index is 14.4. The Morgan fingerprint density at radius 2 is 2.13 bits per heavy atom. The van der Waals surface area contributed by atoms with E-state index in [2.05, 4.69) is 38.7 Å². The quantitative estimate of drug-likeness (QED) is 0.530. The minimum absolute atomic E-state index is 0.00765. The molecular weight excluding hydrogens is 425 g/mol. The van der Waals surface area contributed by atoms with Crippen molar-refractivity contribution in [1.29, 1.82) is 0 Å². The van der Waals surface area contributed by atoms with Gasteiger partial charge in [-0.25, -0.2) is 28.1 Å². The fourth-order valence-corrected chi connectivity index (χ4v) is 4.60. The van der Waals surface area contributed by atoms with Crippen LogP contribution in [-0.2, 0) is 12.0 Å². The third kappa shape index (κ3) is 4.19. The summed E-state index contributed by atoms with van der Waals surface area (Å²) in [6.07, 6.45) is 1.52. The Balaban J connectivity index is 1.73. The van der Waals surface area contributed by atoms with Gasteiger partial charge in [-0.2, -0.15) is 0 Å². The highest BCUT2D eigenvalue weighted by atomic mass is 32.2. The van der Waals surface area contributed by atoms with Gasteiger partial charge in [0.2, 0.25) is 5.88 Å². The summed E-state index contributed by atoms with van der Waals surface area (Å²) in [6.45, 7) is 2.10. The number of aromatic nitrogens is 3. The average Bonchev–Trinajstić information content (AvgIpc) is 2.78. The molecule has 162 valence electrons. The van der Waals surface area contributed by atoms with Gasteiger partial charge in [0.15, 0.2) is 0 Å². The number of halogens is 3. The molecule has 31 heavy (non-hydrogen) atoms. The molecule has 4 rings (SSSR count). The van der Waals surface area contributed by atoms with Gasteiger partial charge < -0.3 is 10.1 Å². The van der Waals surface area contributed by atoms with Gasteiger partial charge in [-0.1, -0.05) is 31.2 Å². The van der Waals surface area contributed by atoms with Crippen LogP contribution >= 0.6 is 11.8 Å². The van der Waals surface area contributed by atoms with Gasteiger partial charge in [0, 0.05) is 17.5 Å². The van der Waals surface area contributed by atoms with Crippen molar-refractivity contribution >= 4 is 28.5 Å². The number of anilines is 1. The van der Waals surface area contributed by atoms with E-state index >= 15 is 0 Å². The molecule has 1 aromatic carbocycles. The van der Waals surface area contributed by atoms with E-state index in [0.29, 0.717) is 22.6 Å². The smallest absolute Gasteiger partial charge is 0.266 e. The third-order valence-electron chi connectivity index (χ3n) is 5.43. The summed E-state index contributed by atoms with van der Waals surface area (Å²) >= 11 is 1.75. The van der Waals surface area contributed by atoms with E-state index in [1.807, 2.05) is 6.07 Å². The maximum atomic E-state index is 14.4. The number of allylic oxidation sites excluding steroid dienone is 1. The minimum Gasteiger partial charge on any atom is -0.479 e. The zero-order valence-electron chi connectivity index (χ0n) is 17.0. The molecule has 3 heterocycles. The second-order valence-corrected chi connectivity index (χ2v) is 8.46. The van der Waals surface area contributed by atoms with Gasteiger partial charge in [0.05, 0.1) is 23.8 Å². The van der Waals surface area contributed by atoms with Crippen LogP contribution < -0.4 is 10.1 Å². The lowest BCUT2D eigenvalue weighted by Crippen LogP contribution is -2.23. The highest BCUT2D eigenvalue weighted by Gasteiger charge is 2.29.